The van der Waals surface area contributed by atoms with Crippen molar-refractivity contribution >= 4 is 16.9 Å². The second-order valence-electron chi connectivity index (χ2n) is 3.80. The van der Waals surface area contributed by atoms with Crippen LogP contribution in [0.1, 0.15) is 0 Å². The van der Waals surface area contributed by atoms with Crippen molar-refractivity contribution in [2.24, 2.45) is 0 Å². The molecule has 0 spiro atoms. The fraction of sp³-hybridized carbons (Fsp3) is 0. The number of H-pyrrole nitrogens is 3. The van der Waals surface area contributed by atoms with Crippen LogP contribution in [0.4, 0.5) is 5.69 Å². The Balaban J connectivity index is 2.33. The molecule has 90 valence electrons. The molecule has 0 bridgehead atoms. The minimum atomic E-state index is -0.591. The van der Waals surface area contributed by atoms with Gasteiger partial charge in [0.1, 0.15) is 11.3 Å². The minimum absolute atomic E-state index is 0.210. The number of rotatable bonds is 1. The average Bonchev–Trinajstić information content (AvgIpc) is 2.73. The second-order valence-corrected chi connectivity index (χ2v) is 3.80. The molecule has 0 unspecified atom stereocenters. The van der Waals surface area contributed by atoms with Gasteiger partial charge in [-0.3, -0.25) is 14.8 Å². The highest BCUT2D eigenvalue weighted by Gasteiger charge is 2.10. The number of nitrogens with two attached hydrogens (primary N) is 1. The molecule has 0 fully saturated rings. The van der Waals surface area contributed by atoms with Crippen LogP contribution in [0.5, 0.6) is 0 Å². The highest BCUT2D eigenvalue weighted by Crippen LogP contribution is 2.23. The maximum Gasteiger partial charge on any atom is 0.327 e. The molecule has 3 aromatic rings. The third-order valence-electron chi connectivity index (χ3n) is 2.61. The van der Waals surface area contributed by atoms with E-state index in [9.17, 15) is 9.59 Å². The van der Waals surface area contributed by atoms with E-state index < -0.39 is 11.2 Å². The van der Waals surface area contributed by atoms with Crippen molar-refractivity contribution in [3.05, 3.63) is 45.1 Å². The number of nitrogen functional groups attached to an aromatic ring is 1. The van der Waals surface area contributed by atoms with Crippen molar-refractivity contribution in [3.8, 4) is 11.4 Å². The number of aromatic nitrogens is 4. The van der Waals surface area contributed by atoms with E-state index in [1.165, 1.54) is 0 Å². The number of nitrogens with one attached hydrogen (secondary N) is 3. The number of anilines is 1. The number of para-hydroxylation sites is 1. The third-order valence-corrected chi connectivity index (χ3v) is 2.61. The van der Waals surface area contributed by atoms with Crippen molar-refractivity contribution in [2.45, 2.75) is 0 Å². The number of nitrogens with zero attached hydrogens (tertiary/aromatic N) is 1. The fourth-order valence-electron chi connectivity index (χ4n) is 1.77. The summed E-state index contributed by atoms with van der Waals surface area (Å²) in [4.78, 5) is 34.2. The van der Waals surface area contributed by atoms with Gasteiger partial charge >= 0.3 is 5.69 Å². The Bertz CT molecular complexity index is 842. The van der Waals surface area contributed by atoms with Gasteiger partial charge in [0, 0.05) is 11.3 Å². The van der Waals surface area contributed by atoms with Crippen LogP contribution in [0.15, 0.2) is 33.9 Å². The van der Waals surface area contributed by atoms with Crippen LogP contribution in [-0.4, -0.2) is 19.9 Å². The van der Waals surface area contributed by atoms with Gasteiger partial charge in [-0.25, -0.2) is 9.78 Å². The molecule has 0 aliphatic heterocycles. The van der Waals surface area contributed by atoms with E-state index in [0.29, 0.717) is 17.1 Å². The lowest BCUT2D eigenvalue weighted by Gasteiger charge is -1.99. The quantitative estimate of drug-likeness (QED) is 0.456. The van der Waals surface area contributed by atoms with Crippen molar-refractivity contribution in [1.82, 2.24) is 19.9 Å². The molecule has 0 amide bonds. The lowest BCUT2D eigenvalue weighted by Crippen LogP contribution is -2.21. The van der Waals surface area contributed by atoms with Gasteiger partial charge in [-0.15, -0.1) is 0 Å². The summed E-state index contributed by atoms with van der Waals surface area (Å²) in [6.07, 6.45) is 0. The lowest BCUT2D eigenvalue weighted by molar-refractivity contribution is 1.07. The number of fused-ring (bicyclic) bond motifs is 1. The van der Waals surface area contributed by atoms with Crippen molar-refractivity contribution in [2.75, 3.05) is 5.73 Å². The van der Waals surface area contributed by atoms with Gasteiger partial charge in [-0.05, 0) is 12.1 Å². The van der Waals surface area contributed by atoms with Gasteiger partial charge in [-0.2, -0.15) is 0 Å². The Hall–Kier alpha value is -2.83. The topological polar surface area (TPSA) is 120 Å². The van der Waals surface area contributed by atoms with Gasteiger partial charge in [0.2, 0.25) is 0 Å². The van der Waals surface area contributed by atoms with E-state index in [-0.39, 0.29) is 11.2 Å². The number of hydrogen-bond acceptors (Lipinski definition) is 4. The standard InChI is InChI=1S/C11H9N5O2/c12-6-4-2-1-3-5(6)8-13-7-9(14-8)15-11(18)16-10(7)17/h1-4H,12H2,(H3,13,14,15,16,17,18). The summed E-state index contributed by atoms with van der Waals surface area (Å²) in [6.45, 7) is 0. The number of aromatic amines is 3. The van der Waals surface area contributed by atoms with Crippen molar-refractivity contribution in [3.63, 3.8) is 0 Å². The summed E-state index contributed by atoms with van der Waals surface area (Å²) in [6, 6.07) is 7.12. The molecule has 0 aliphatic rings. The van der Waals surface area contributed by atoms with E-state index in [2.05, 4.69) is 19.9 Å². The first-order chi connectivity index (χ1) is 8.65. The summed E-state index contributed by atoms with van der Waals surface area (Å²) >= 11 is 0. The van der Waals surface area contributed by atoms with Crippen LogP contribution < -0.4 is 17.0 Å². The summed E-state index contributed by atoms with van der Waals surface area (Å²) in [7, 11) is 0. The zero-order valence-corrected chi connectivity index (χ0v) is 9.15. The van der Waals surface area contributed by atoms with Crippen LogP contribution in [-0.2, 0) is 0 Å². The third kappa shape index (κ3) is 1.49. The molecule has 7 nitrogen and oxygen atoms in total. The molecular weight excluding hydrogens is 234 g/mol. The highest BCUT2D eigenvalue weighted by molar-refractivity contribution is 5.79. The zero-order valence-electron chi connectivity index (χ0n) is 9.15. The van der Waals surface area contributed by atoms with E-state index >= 15 is 0 Å². The molecule has 3 rings (SSSR count). The Morgan fingerprint density at radius 3 is 2.61 bits per heavy atom. The Kier molecular flexibility index (Phi) is 2.06. The Morgan fingerprint density at radius 1 is 1.06 bits per heavy atom. The first kappa shape index (κ1) is 10.3. The van der Waals surface area contributed by atoms with E-state index in [1.54, 1.807) is 18.2 Å². The maximum atomic E-state index is 11.6. The molecule has 0 saturated heterocycles. The molecule has 5 N–H and O–H groups in total. The van der Waals surface area contributed by atoms with Crippen LogP contribution in [0, 0.1) is 0 Å². The van der Waals surface area contributed by atoms with E-state index in [0.717, 1.165) is 0 Å². The molecule has 0 atom stereocenters. The largest absolute Gasteiger partial charge is 0.398 e. The van der Waals surface area contributed by atoms with Gasteiger partial charge in [0.15, 0.2) is 5.65 Å². The van der Waals surface area contributed by atoms with Gasteiger partial charge in [0.25, 0.3) is 5.56 Å². The smallest absolute Gasteiger partial charge is 0.327 e. The minimum Gasteiger partial charge on any atom is -0.398 e. The van der Waals surface area contributed by atoms with E-state index in [4.69, 9.17) is 5.73 Å². The fourth-order valence-corrected chi connectivity index (χ4v) is 1.77. The van der Waals surface area contributed by atoms with Crippen molar-refractivity contribution < 1.29 is 0 Å². The normalized spacial score (nSPS) is 10.9. The van der Waals surface area contributed by atoms with Crippen LogP contribution in [0.3, 0.4) is 0 Å². The summed E-state index contributed by atoms with van der Waals surface area (Å²) in [5, 5.41) is 0. The lowest BCUT2D eigenvalue weighted by atomic mass is 10.2. The average molecular weight is 243 g/mol. The molecule has 0 aliphatic carbocycles. The number of hydrogen-bond donors (Lipinski definition) is 4. The summed E-state index contributed by atoms with van der Waals surface area (Å²) in [5.41, 5.74) is 6.36. The first-order valence-corrected chi connectivity index (χ1v) is 5.22. The highest BCUT2D eigenvalue weighted by atomic mass is 16.2. The van der Waals surface area contributed by atoms with Gasteiger partial charge in [-0.1, -0.05) is 12.1 Å². The van der Waals surface area contributed by atoms with Gasteiger partial charge < -0.3 is 10.7 Å². The van der Waals surface area contributed by atoms with Crippen LogP contribution in [0.2, 0.25) is 0 Å². The zero-order chi connectivity index (χ0) is 12.7. The van der Waals surface area contributed by atoms with Crippen LogP contribution in [0.25, 0.3) is 22.6 Å². The monoisotopic (exact) mass is 243 g/mol. The van der Waals surface area contributed by atoms with Gasteiger partial charge in [0.05, 0.1) is 0 Å². The Morgan fingerprint density at radius 2 is 1.83 bits per heavy atom. The van der Waals surface area contributed by atoms with Crippen molar-refractivity contribution in [1.29, 1.82) is 0 Å². The molecule has 1 aromatic carbocycles. The maximum absolute atomic E-state index is 11.6. The molecule has 7 heteroatoms. The molecule has 2 aromatic heterocycles. The van der Waals surface area contributed by atoms with E-state index in [1.807, 2.05) is 6.07 Å². The Labute approximate surface area is 99.7 Å². The van der Waals surface area contributed by atoms with Crippen LogP contribution >= 0.6 is 0 Å². The molecule has 18 heavy (non-hydrogen) atoms. The SMILES string of the molecule is Nc1ccccc1-c1nc2[nH]c(=O)[nH]c(=O)c2[nH]1. The molecule has 0 radical (unpaired) electrons. The molecule has 0 saturated carbocycles. The molecular formula is C11H9N5O2. The predicted octanol–water partition coefficient (Wildman–Crippen LogP) is 0.189. The molecule has 2 heterocycles. The summed E-state index contributed by atoms with van der Waals surface area (Å²) < 4.78 is 0. The number of imidazole rings is 1. The summed E-state index contributed by atoms with van der Waals surface area (Å²) in [5.74, 6) is 0.440. The predicted molar refractivity (Wildman–Crippen MR) is 67.2 cm³/mol. The second kappa shape index (κ2) is 3.59. The first-order valence-electron chi connectivity index (χ1n) is 5.22. The number of benzene rings is 1.